The van der Waals surface area contributed by atoms with Gasteiger partial charge in [0.1, 0.15) is 0 Å². The van der Waals surface area contributed by atoms with Crippen molar-refractivity contribution in [3.63, 3.8) is 0 Å². The third-order valence-electron chi connectivity index (χ3n) is 4.86. The van der Waals surface area contributed by atoms with Crippen LogP contribution in [0, 0.1) is 40.9 Å². The van der Waals surface area contributed by atoms with Gasteiger partial charge in [0.05, 0.1) is 0 Å². The molecule has 0 nitrogen and oxygen atoms in total. The highest BCUT2D eigenvalue weighted by Gasteiger charge is 2.96. The van der Waals surface area contributed by atoms with Gasteiger partial charge >= 0.3 is 0 Å². The molecule has 0 atom stereocenters. The Labute approximate surface area is 53.9 Å². The van der Waals surface area contributed by atoms with Crippen molar-refractivity contribution in [1.82, 2.24) is 0 Å². The summed E-state index contributed by atoms with van der Waals surface area (Å²) in [5, 5.41) is 0. The molecular formula is C9H8. The van der Waals surface area contributed by atoms with E-state index in [0.717, 1.165) is 5.41 Å². The van der Waals surface area contributed by atoms with Crippen molar-refractivity contribution in [3.05, 3.63) is 12.2 Å². The van der Waals surface area contributed by atoms with Crippen molar-refractivity contribution in [1.29, 1.82) is 0 Å². The van der Waals surface area contributed by atoms with Crippen molar-refractivity contribution in [2.24, 2.45) is 40.9 Å². The quantitative estimate of drug-likeness (QED) is 0.418. The lowest BCUT2D eigenvalue weighted by Gasteiger charge is -2.04. The van der Waals surface area contributed by atoms with E-state index in [1.165, 1.54) is 35.5 Å². The highest BCUT2D eigenvalue weighted by molar-refractivity contribution is 5.53. The summed E-state index contributed by atoms with van der Waals surface area (Å²) in [6.45, 7) is 0. The Morgan fingerprint density at radius 2 is 1.22 bits per heavy atom. The van der Waals surface area contributed by atoms with Gasteiger partial charge in [0.25, 0.3) is 0 Å². The third kappa shape index (κ3) is 0.127. The van der Waals surface area contributed by atoms with E-state index in [1.807, 2.05) is 0 Å². The molecule has 9 heavy (non-hydrogen) atoms. The number of hydrogen-bond acceptors (Lipinski definition) is 0. The molecule has 5 fully saturated rings. The van der Waals surface area contributed by atoms with Gasteiger partial charge in [-0.3, -0.25) is 0 Å². The Hall–Kier alpha value is -0.260. The largest absolute Gasteiger partial charge is 0.0771 e. The average molecular weight is 116 g/mol. The summed E-state index contributed by atoms with van der Waals surface area (Å²) in [7, 11) is 0. The molecule has 44 valence electrons. The van der Waals surface area contributed by atoms with E-state index in [4.69, 9.17) is 0 Å². The fourth-order valence-corrected chi connectivity index (χ4v) is 4.65. The lowest BCUT2D eigenvalue weighted by molar-refractivity contribution is 0.434. The first kappa shape index (κ1) is 3.23. The van der Waals surface area contributed by atoms with Crippen molar-refractivity contribution in [2.75, 3.05) is 0 Å². The second kappa shape index (κ2) is 0.531. The highest BCUT2D eigenvalue weighted by Crippen LogP contribution is 3.00. The van der Waals surface area contributed by atoms with Gasteiger partial charge in [0, 0.05) is 5.41 Å². The van der Waals surface area contributed by atoms with Gasteiger partial charge in [0.15, 0.2) is 0 Å². The standard InChI is InChI=1S/C9H8/c1-2-9(1)7-3-4(7)6-5(3)8(6)9/h1-8H. The number of allylic oxidation sites excluding steroid dienone is 2. The fraction of sp³-hybridized carbons (Fsp3) is 0.778. The maximum Gasteiger partial charge on any atom is 0.0130 e. The topological polar surface area (TPSA) is 0 Å². The molecule has 0 radical (unpaired) electrons. The summed E-state index contributed by atoms with van der Waals surface area (Å²) in [4.78, 5) is 0. The Morgan fingerprint density at radius 3 is 1.44 bits per heavy atom. The molecule has 0 aromatic rings. The van der Waals surface area contributed by atoms with E-state index in [9.17, 15) is 0 Å². The van der Waals surface area contributed by atoms with E-state index in [2.05, 4.69) is 12.2 Å². The van der Waals surface area contributed by atoms with Crippen LogP contribution in [0.25, 0.3) is 0 Å². The van der Waals surface area contributed by atoms with Gasteiger partial charge in [-0.2, -0.15) is 0 Å². The summed E-state index contributed by atoms with van der Waals surface area (Å²) in [5.74, 6) is 7.45. The minimum absolute atomic E-state index is 0.796. The van der Waals surface area contributed by atoms with Crippen LogP contribution in [-0.2, 0) is 0 Å². The van der Waals surface area contributed by atoms with E-state index >= 15 is 0 Å². The normalized spacial score (nSPS) is 86.2. The summed E-state index contributed by atoms with van der Waals surface area (Å²) < 4.78 is 0. The van der Waals surface area contributed by atoms with Crippen LogP contribution in [0.3, 0.4) is 0 Å². The zero-order chi connectivity index (χ0) is 5.38. The summed E-state index contributed by atoms with van der Waals surface area (Å²) in [5.41, 5.74) is 0.796. The van der Waals surface area contributed by atoms with Crippen LogP contribution in [0.4, 0.5) is 0 Å². The lowest BCUT2D eigenvalue weighted by Crippen LogP contribution is -2.01. The number of hydrogen-bond donors (Lipinski definition) is 0. The summed E-state index contributed by atoms with van der Waals surface area (Å²) >= 11 is 0. The first-order chi connectivity index (χ1) is 4.45. The Morgan fingerprint density at radius 1 is 0.778 bits per heavy atom. The van der Waals surface area contributed by atoms with Crippen LogP contribution in [0.15, 0.2) is 12.2 Å². The van der Waals surface area contributed by atoms with Gasteiger partial charge < -0.3 is 0 Å². The van der Waals surface area contributed by atoms with Gasteiger partial charge in [0.2, 0.25) is 0 Å². The predicted molar refractivity (Wildman–Crippen MR) is 32.5 cm³/mol. The Kier molecular flexibility index (Phi) is 0.190. The van der Waals surface area contributed by atoms with Crippen LogP contribution in [0.2, 0.25) is 0 Å². The zero-order valence-corrected chi connectivity index (χ0v) is 5.12. The maximum absolute atomic E-state index is 2.50. The molecule has 0 saturated heterocycles. The van der Waals surface area contributed by atoms with Gasteiger partial charge in [-0.05, 0) is 35.5 Å². The minimum atomic E-state index is 0.796. The van der Waals surface area contributed by atoms with Crippen LogP contribution < -0.4 is 0 Å². The molecule has 0 aliphatic heterocycles. The van der Waals surface area contributed by atoms with E-state index < -0.39 is 0 Å². The Bertz CT molecular complexity index is 224. The number of rotatable bonds is 0. The van der Waals surface area contributed by atoms with Crippen LogP contribution in [0.5, 0.6) is 0 Å². The van der Waals surface area contributed by atoms with Crippen molar-refractivity contribution < 1.29 is 0 Å². The molecule has 0 aromatic heterocycles. The minimum Gasteiger partial charge on any atom is -0.0771 e. The average Bonchev–Trinajstić information content (AvgIpc) is 2.36. The Balaban J connectivity index is 1.97. The van der Waals surface area contributed by atoms with Crippen LogP contribution in [-0.4, -0.2) is 0 Å². The van der Waals surface area contributed by atoms with Gasteiger partial charge in [-0.15, -0.1) is 0 Å². The smallest absolute Gasteiger partial charge is 0.0130 e. The van der Waals surface area contributed by atoms with Gasteiger partial charge in [-0.25, -0.2) is 0 Å². The molecule has 0 aromatic carbocycles. The monoisotopic (exact) mass is 116 g/mol. The van der Waals surface area contributed by atoms with Crippen molar-refractivity contribution in [3.8, 4) is 0 Å². The molecule has 1 spiro atoms. The first-order valence-electron chi connectivity index (χ1n) is 4.15. The van der Waals surface area contributed by atoms with E-state index in [0.29, 0.717) is 0 Å². The van der Waals surface area contributed by atoms with Gasteiger partial charge in [-0.1, -0.05) is 12.2 Å². The molecule has 6 aliphatic rings. The lowest BCUT2D eigenvalue weighted by atomic mass is 9.98. The molecule has 0 amide bonds. The molecule has 0 heterocycles. The molecular weight excluding hydrogens is 108 g/mol. The van der Waals surface area contributed by atoms with E-state index in [1.54, 1.807) is 0 Å². The van der Waals surface area contributed by atoms with Crippen LogP contribution >= 0.6 is 0 Å². The highest BCUT2D eigenvalue weighted by atomic mass is 15.0. The fourth-order valence-electron chi connectivity index (χ4n) is 4.65. The van der Waals surface area contributed by atoms with E-state index in [-0.39, 0.29) is 0 Å². The second-order valence-electron chi connectivity index (χ2n) is 4.69. The first-order valence-corrected chi connectivity index (χ1v) is 4.15. The molecule has 6 aliphatic carbocycles. The third-order valence-corrected chi connectivity index (χ3v) is 4.86. The molecule has 0 unspecified atom stereocenters. The zero-order valence-electron chi connectivity index (χ0n) is 5.12. The molecule has 6 rings (SSSR count). The summed E-state index contributed by atoms with van der Waals surface area (Å²) in [6, 6.07) is 0. The molecule has 2 bridgehead atoms. The molecule has 5 saturated carbocycles. The second-order valence-corrected chi connectivity index (χ2v) is 4.69. The summed E-state index contributed by atoms with van der Waals surface area (Å²) in [6.07, 6.45) is 5.00. The molecule has 0 N–H and O–H groups in total. The van der Waals surface area contributed by atoms with Crippen LogP contribution in [0.1, 0.15) is 0 Å². The predicted octanol–water partition coefficient (Wildman–Crippen LogP) is 1.29. The molecule has 0 heteroatoms. The van der Waals surface area contributed by atoms with Crippen molar-refractivity contribution >= 4 is 0 Å². The van der Waals surface area contributed by atoms with Crippen molar-refractivity contribution in [2.45, 2.75) is 0 Å². The SMILES string of the molecule is C1=CC12C1C3C1C1C3C12. The maximum atomic E-state index is 2.50.